The second-order valence-electron chi connectivity index (χ2n) is 9.97. The smallest absolute Gasteiger partial charge is 0.407 e. The first kappa shape index (κ1) is 33.3. The molecule has 45 heavy (non-hydrogen) atoms. The van der Waals surface area contributed by atoms with Crippen molar-refractivity contribution in [2.75, 3.05) is 38.7 Å². The largest absolute Gasteiger partial charge is 0.496 e. The van der Waals surface area contributed by atoms with Crippen LogP contribution in [0.25, 0.3) is 22.4 Å². The predicted octanol–water partition coefficient (Wildman–Crippen LogP) is 4.73. The van der Waals surface area contributed by atoms with Gasteiger partial charge >= 0.3 is 6.09 Å². The van der Waals surface area contributed by atoms with Crippen molar-refractivity contribution in [2.24, 2.45) is 0 Å². The Morgan fingerprint density at radius 3 is 2.53 bits per heavy atom. The number of methoxy groups -OCH3 is 1. The highest BCUT2D eigenvalue weighted by atomic mass is 35.5. The Bertz CT molecular complexity index is 1670. The molecule has 4 aromatic rings. The number of anilines is 1. The molecule has 0 unspecified atom stereocenters. The summed E-state index contributed by atoms with van der Waals surface area (Å²) in [5.74, 6) is -0.666. The van der Waals surface area contributed by atoms with Gasteiger partial charge in [0.25, 0.3) is 5.91 Å². The summed E-state index contributed by atoms with van der Waals surface area (Å²) in [5, 5.41) is 33.4. The molecular formula is C32H33ClFN5O6. The van der Waals surface area contributed by atoms with Gasteiger partial charge in [-0.15, -0.1) is 0 Å². The van der Waals surface area contributed by atoms with Crippen LogP contribution in [0, 0.1) is 12.7 Å². The molecule has 0 aliphatic heterocycles. The second kappa shape index (κ2) is 15.4. The average molecular weight is 638 g/mol. The third kappa shape index (κ3) is 7.91. The summed E-state index contributed by atoms with van der Waals surface area (Å²) >= 11 is 6.87. The van der Waals surface area contributed by atoms with E-state index in [-0.39, 0.29) is 43.6 Å². The van der Waals surface area contributed by atoms with Crippen molar-refractivity contribution < 1.29 is 34.0 Å². The summed E-state index contributed by atoms with van der Waals surface area (Å²) < 4.78 is 20.6. The molecule has 2 heterocycles. The van der Waals surface area contributed by atoms with Crippen LogP contribution in [0.3, 0.4) is 0 Å². The summed E-state index contributed by atoms with van der Waals surface area (Å²) in [6.45, 7) is 1.89. The average Bonchev–Trinajstić information content (AvgIpc) is 3.03. The Morgan fingerprint density at radius 2 is 1.87 bits per heavy atom. The lowest BCUT2D eigenvalue weighted by atomic mass is 9.97. The van der Waals surface area contributed by atoms with Gasteiger partial charge in [0.2, 0.25) is 0 Å². The number of amides is 2. The Labute approximate surface area is 264 Å². The lowest BCUT2D eigenvalue weighted by Gasteiger charge is -2.18. The van der Waals surface area contributed by atoms with E-state index in [4.69, 9.17) is 26.6 Å². The van der Waals surface area contributed by atoms with Crippen molar-refractivity contribution in [3.63, 3.8) is 0 Å². The normalized spacial score (nSPS) is 10.9. The molecular weight excluding hydrogens is 605 g/mol. The van der Waals surface area contributed by atoms with Crippen molar-refractivity contribution in [2.45, 2.75) is 20.0 Å². The van der Waals surface area contributed by atoms with Crippen LogP contribution >= 0.6 is 11.6 Å². The first-order valence-electron chi connectivity index (χ1n) is 14.0. The molecule has 2 aromatic heterocycles. The Hall–Kier alpha value is -4.62. The minimum Gasteiger partial charge on any atom is -0.496 e. The number of rotatable bonds is 13. The number of benzene rings is 2. The van der Waals surface area contributed by atoms with Gasteiger partial charge in [0.15, 0.2) is 0 Å². The molecule has 236 valence electrons. The van der Waals surface area contributed by atoms with Crippen LogP contribution in [0.1, 0.15) is 27.2 Å². The summed E-state index contributed by atoms with van der Waals surface area (Å²) in [6.07, 6.45) is 1.81. The fourth-order valence-electron chi connectivity index (χ4n) is 4.73. The molecule has 0 radical (unpaired) electrons. The van der Waals surface area contributed by atoms with Crippen molar-refractivity contribution >= 4 is 29.3 Å². The molecule has 0 spiro atoms. The van der Waals surface area contributed by atoms with Gasteiger partial charge in [-0.05, 0) is 53.9 Å². The number of aliphatic hydroxyl groups excluding tert-OH is 2. The number of nitrogens with zero attached hydrogens (tertiary/aromatic N) is 3. The summed E-state index contributed by atoms with van der Waals surface area (Å²) in [4.78, 5) is 34.0. The highest BCUT2D eigenvalue weighted by Crippen LogP contribution is 2.39. The van der Waals surface area contributed by atoms with E-state index in [2.05, 4.69) is 20.6 Å². The summed E-state index contributed by atoms with van der Waals surface area (Å²) in [5.41, 5.74) is 4.35. The van der Waals surface area contributed by atoms with Crippen LogP contribution in [0.2, 0.25) is 5.02 Å². The van der Waals surface area contributed by atoms with Gasteiger partial charge in [-0.1, -0.05) is 29.8 Å². The van der Waals surface area contributed by atoms with Crippen LogP contribution in [0.4, 0.5) is 14.9 Å². The van der Waals surface area contributed by atoms with Crippen molar-refractivity contribution in [1.29, 1.82) is 0 Å². The molecule has 0 saturated carbocycles. The zero-order chi connectivity index (χ0) is 32.5. The standard InChI is InChI=1S/C32H33ClFN5O6/c1-19-22(4-3-5-26(19)38-31(42)27-7-6-20(16-37-27)18-39(11-13-41)32(43)44)23-8-9-36-30(29(23)33)21-14-25(34)24(17-35-10-12-40)28(15-21)45-2/h3-9,14-16,35,40-41H,10-13,17-18H2,1-2H3,(H,38,42)(H,43,44). The number of hydrogen-bond donors (Lipinski definition) is 5. The van der Waals surface area contributed by atoms with Crippen LogP contribution < -0.4 is 15.4 Å². The fraction of sp³-hybridized carbons (Fsp3) is 0.250. The van der Waals surface area contributed by atoms with Gasteiger partial charge in [0.05, 0.1) is 37.6 Å². The zero-order valence-electron chi connectivity index (χ0n) is 24.7. The minimum absolute atomic E-state index is 0.0199. The number of carbonyl (C=O) groups is 2. The van der Waals surface area contributed by atoms with Gasteiger partial charge in [0, 0.05) is 54.4 Å². The van der Waals surface area contributed by atoms with E-state index in [9.17, 15) is 14.7 Å². The molecule has 11 nitrogen and oxygen atoms in total. The lowest BCUT2D eigenvalue weighted by Crippen LogP contribution is -2.31. The maximum absolute atomic E-state index is 15.2. The molecule has 0 saturated heterocycles. The number of pyridine rings is 2. The molecule has 0 aliphatic rings. The molecule has 0 aliphatic carbocycles. The molecule has 4 rings (SSSR count). The van der Waals surface area contributed by atoms with Gasteiger partial charge in [-0.25, -0.2) is 9.18 Å². The topological polar surface area (TPSA) is 157 Å². The predicted molar refractivity (Wildman–Crippen MR) is 168 cm³/mol. The number of carboxylic acid groups (broad SMARTS) is 1. The molecule has 5 N–H and O–H groups in total. The monoisotopic (exact) mass is 637 g/mol. The van der Waals surface area contributed by atoms with E-state index >= 15 is 4.39 Å². The molecule has 0 atom stereocenters. The van der Waals surface area contributed by atoms with E-state index in [1.165, 1.54) is 25.4 Å². The number of nitrogens with one attached hydrogen (secondary N) is 2. The third-order valence-corrected chi connectivity index (χ3v) is 7.45. The van der Waals surface area contributed by atoms with Crippen LogP contribution in [0.15, 0.2) is 60.9 Å². The molecule has 0 bridgehead atoms. The lowest BCUT2D eigenvalue weighted by molar-refractivity contribution is 0.102. The quantitative estimate of drug-likeness (QED) is 0.131. The van der Waals surface area contributed by atoms with E-state index < -0.39 is 17.8 Å². The summed E-state index contributed by atoms with van der Waals surface area (Å²) in [6, 6.07) is 13.2. The number of halogens is 2. The Balaban J connectivity index is 1.58. The van der Waals surface area contributed by atoms with Crippen molar-refractivity contribution in [1.82, 2.24) is 20.2 Å². The van der Waals surface area contributed by atoms with Crippen LogP contribution in [0.5, 0.6) is 5.75 Å². The molecule has 0 fully saturated rings. The van der Waals surface area contributed by atoms with Gasteiger partial charge < -0.3 is 35.6 Å². The maximum Gasteiger partial charge on any atom is 0.407 e. The number of ether oxygens (including phenoxy) is 1. The molecule has 2 aromatic carbocycles. The van der Waals surface area contributed by atoms with Gasteiger partial charge in [-0.3, -0.25) is 14.8 Å². The van der Waals surface area contributed by atoms with E-state index in [1.54, 1.807) is 36.5 Å². The minimum atomic E-state index is -1.17. The summed E-state index contributed by atoms with van der Waals surface area (Å²) in [7, 11) is 1.44. The molecule has 2 amide bonds. The first-order chi connectivity index (χ1) is 21.7. The van der Waals surface area contributed by atoms with Gasteiger partial charge in [0.1, 0.15) is 17.3 Å². The zero-order valence-corrected chi connectivity index (χ0v) is 25.4. The van der Waals surface area contributed by atoms with E-state index in [1.807, 2.05) is 13.0 Å². The molecule has 13 heteroatoms. The highest BCUT2D eigenvalue weighted by molar-refractivity contribution is 6.35. The Kier molecular flexibility index (Phi) is 11.4. The number of aliphatic hydroxyl groups is 2. The number of hydrogen-bond acceptors (Lipinski definition) is 8. The Morgan fingerprint density at radius 1 is 1.07 bits per heavy atom. The van der Waals surface area contributed by atoms with Crippen molar-refractivity contribution in [3.8, 4) is 28.1 Å². The third-order valence-electron chi connectivity index (χ3n) is 7.07. The van der Waals surface area contributed by atoms with Crippen LogP contribution in [-0.4, -0.2) is 75.6 Å². The fourth-order valence-corrected chi connectivity index (χ4v) is 5.05. The maximum atomic E-state index is 15.2. The van der Waals surface area contributed by atoms with E-state index in [0.29, 0.717) is 45.9 Å². The number of aromatic nitrogens is 2. The van der Waals surface area contributed by atoms with E-state index in [0.717, 1.165) is 16.0 Å². The highest BCUT2D eigenvalue weighted by Gasteiger charge is 2.19. The van der Waals surface area contributed by atoms with Gasteiger partial charge in [-0.2, -0.15) is 0 Å². The SMILES string of the molecule is COc1cc(-c2nccc(-c3cccc(NC(=O)c4ccc(CN(CCO)C(=O)O)cn4)c3C)c2Cl)cc(F)c1CNCCO. The van der Waals surface area contributed by atoms with Crippen LogP contribution in [-0.2, 0) is 13.1 Å². The number of carbonyl (C=O) groups excluding carboxylic acids is 1. The van der Waals surface area contributed by atoms with Crippen molar-refractivity contribution in [3.05, 3.63) is 94.1 Å². The first-order valence-corrected chi connectivity index (χ1v) is 14.3. The second-order valence-corrected chi connectivity index (χ2v) is 10.4.